The summed E-state index contributed by atoms with van der Waals surface area (Å²) in [6.07, 6.45) is 7.56. The van der Waals surface area contributed by atoms with Crippen molar-refractivity contribution in [3.05, 3.63) is 38.1 Å². The highest BCUT2D eigenvalue weighted by molar-refractivity contribution is 5.82. The molecule has 0 aromatic rings. The highest BCUT2D eigenvalue weighted by Gasteiger charge is 2.28. The Morgan fingerprint density at radius 1 is 1.12 bits per heavy atom. The van der Waals surface area contributed by atoms with Crippen molar-refractivity contribution in [2.75, 3.05) is 13.6 Å². The predicted molar refractivity (Wildman–Crippen MR) is 111 cm³/mol. The minimum atomic E-state index is 0.186. The number of allylic oxidation sites excluding steroid dienone is 2. The van der Waals surface area contributed by atoms with Gasteiger partial charge in [0.1, 0.15) is 5.78 Å². The summed E-state index contributed by atoms with van der Waals surface area (Å²) in [6, 6.07) is 0. The number of carbonyl (C=O) groups is 1. The molecule has 0 amide bonds. The van der Waals surface area contributed by atoms with Crippen LogP contribution in [-0.4, -0.2) is 24.3 Å². The van der Waals surface area contributed by atoms with E-state index in [-0.39, 0.29) is 5.92 Å². The van der Waals surface area contributed by atoms with Gasteiger partial charge in [0, 0.05) is 31.1 Å². The van der Waals surface area contributed by atoms with Gasteiger partial charge >= 0.3 is 0 Å². The van der Waals surface area contributed by atoms with Crippen molar-refractivity contribution in [2.24, 2.45) is 29.6 Å². The molecule has 0 radical (unpaired) electrons. The lowest BCUT2D eigenvalue weighted by Gasteiger charge is -2.33. The first-order chi connectivity index (χ1) is 11.8. The average molecular weight is 348 g/mol. The summed E-state index contributed by atoms with van der Waals surface area (Å²) in [5, 5.41) is 0. The van der Waals surface area contributed by atoms with Crippen LogP contribution in [-0.2, 0) is 4.79 Å². The minimum absolute atomic E-state index is 0.186. The van der Waals surface area contributed by atoms with E-state index in [9.17, 15) is 4.79 Å². The van der Waals surface area contributed by atoms with Gasteiger partial charge in [-0.3, -0.25) is 4.79 Å². The molecule has 0 bridgehead atoms. The largest absolute Gasteiger partial charge is 0.378 e. The second kappa shape index (κ2) is 12.1. The van der Waals surface area contributed by atoms with E-state index < -0.39 is 0 Å². The number of rotatable bonds is 9. The van der Waals surface area contributed by atoms with E-state index in [0.29, 0.717) is 29.5 Å². The van der Waals surface area contributed by atoms with Crippen LogP contribution in [0, 0.1) is 29.6 Å². The molecule has 0 aromatic heterocycles. The Bertz CT molecular complexity index is 416. The molecule has 0 heterocycles. The van der Waals surface area contributed by atoms with Gasteiger partial charge in [-0.25, -0.2) is 0 Å². The van der Waals surface area contributed by atoms with Crippen molar-refractivity contribution in [3.8, 4) is 0 Å². The number of Topliss-reactive ketones (excluding diaryl/α,β-unsaturated/α-hetero) is 1. The Kier molecular flexibility index (Phi) is 11.5. The topological polar surface area (TPSA) is 20.3 Å². The van der Waals surface area contributed by atoms with E-state index in [1.54, 1.807) is 0 Å². The zero-order valence-corrected chi connectivity index (χ0v) is 17.4. The van der Waals surface area contributed by atoms with Crippen LogP contribution in [0.25, 0.3) is 0 Å². The molecule has 1 aliphatic rings. The van der Waals surface area contributed by atoms with E-state index in [2.05, 4.69) is 58.2 Å². The lowest BCUT2D eigenvalue weighted by molar-refractivity contribution is -0.127. The van der Waals surface area contributed by atoms with Crippen LogP contribution in [0.4, 0.5) is 0 Å². The van der Waals surface area contributed by atoms with Gasteiger partial charge in [-0.1, -0.05) is 40.3 Å². The second-order valence-corrected chi connectivity index (χ2v) is 8.07. The fraction of sp³-hybridized carbons (Fsp3) is 0.696. The Hall–Kier alpha value is -1.31. The van der Waals surface area contributed by atoms with Crippen molar-refractivity contribution in [3.63, 3.8) is 0 Å². The molecule has 1 saturated carbocycles. The number of ketones is 1. The Morgan fingerprint density at radius 3 is 2.04 bits per heavy atom. The minimum Gasteiger partial charge on any atom is -0.378 e. The number of nitrogens with zero attached hydrogens (tertiary/aromatic N) is 1. The zero-order valence-electron chi connectivity index (χ0n) is 17.4. The van der Waals surface area contributed by atoms with Crippen molar-refractivity contribution >= 4 is 5.78 Å². The monoisotopic (exact) mass is 347 g/mol. The van der Waals surface area contributed by atoms with Crippen molar-refractivity contribution in [1.29, 1.82) is 0 Å². The molecule has 0 aromatic carbocycles. The smallest absolute Gasteiger partial charge is 0.138 e. The maximum absolute atomic E-state index is 12.1. The number of hydrogen-bond donors (Lipinski definition) is 0. The normalized spacial score (nSPS) is 21.2. The molecule has 25 heavy (non-hydrogen) atoms. The molecule has 1 rings (SSSR count). The maximum Gasteiger partial charge on any atom is 0.138 e. The van der Waals surface area contributed by atoms with Gasteiger partial charge in [-0.15, -0.1) is 19.7 Å². The Morgan fingerprint density at radius 2 is 1.64 bits per heavy atom. The SMILES string of the molecule is C=C.C=CC(CC(=C)N(C)CC1CCC(C(=O)C(C)C)CC1)C(C)C. The quantitative estimate of drug-likeness (QED) is 0.469. The first-order valence-corrected chi connectivity index (χ1v) is 9.81. The van der Waals surface area contributed by atoms with Gasteiger partial charge in [0.15, 0.2) is 0 Å². The van der Waals surface area contributed by atoms with Crippen LogP contribution < -0.4 is 0 Å². The van der Waals surface area contributed by atoms with Crippen molar-refractivity contribution in [1.82, 2.24) is 4.90 Å². The van der Waals surface area contributed by atoms with Gasteiger partial charge < -0.3 is 4.90 Å². The molecule has 0 aliphatic heterocycles. The van der Waals surface area contributed by atoms with E-state index in [4.69, 9.17) is 0 Å². The first kappa shape index (κ1) is 23.7. The third kappa shape index (κ3) is 8.07. The molecule has 0 spiro atoms. The summed E-state index contributed by atoms with van der Waals surface area (Å²) in [6.45, 7) is 23.8. The molecular weight excluding hydrogens is 306 g/mol. The molecule has 0 N–H and O–H groups in total. The van der Waals surface area contributed by atoms with Crippen LogP contribution >= 0.6 is 0 Å². The summed E-state index contributed by atoms with van der Waals surface area (Å²) in [5.41, 5.74) is 1.21. The fourth-order valence-electron chi connectivity index (χ4n) is 3.64. The number of hydrogen-bond acceptors (Lipinski definition) is 2. The highest BCUT2D eigenvalue weighted by Crippen LogP contribution is 2.32. The predicted octanol–water partition coefficient (Wildman–Crippen LogP) is 6.11. The molecule has 144 valence electrons. The Balaban J connectivity index is 0.00000277. The van der Waals surface area contributed by atoms with Gasteiger partial charge in [0.2, 0.25) is 0 Å². The molecule has 2 nitrogen and oxygen atoms in total. The van der Waals surface area contributed by atoms with E-state index in [1.807, 2.05) is 13.8 Å². The van der Waals surface area contributed by atoms with Crippen LogP contribution in [0.3, 0.4) is 0 Å². The summed E-state index contributed by atoms with van der Waals surface area (Å²) < 4.78 is 0. The molecule has 1 aliphatic carbocycles. The summed E-state index contributed by atoms with van der Waals surface area (Å²) in [5.74, 6) is 2.78. The van der Waals surface area contributed by atoms with Crippen LogP contribution in [0.5, 0.6) is 0 Å². The van der Waals surface area contributed by atoms with Crippen molar-refractivity contribution in [2.45, 2.75) is 59.8 Å². The lowest BCUT2D eigenvalue weighted by atomic mass is 9.77. The van der Waals surface area contributed by atoms with Crippen LogP contribution in [0.1, 0.15) is 59.8 Å². The summed E-state index contributed by atoms with van der Waals surface area (Å²) in [4.78, 5) is 14.4. The van der Waals surface area contributed by atoms with Crippen molar-refractivity contribution < 1.29 is 4.79 Å². The van der Waals surface area contributed by atoms with E-state index in [1.165, 1.54) is 18.5 Å². The highest BCUT2D eigenvalue weighted by atomic mass is 16.1. The molecule has 1 unspecified atom stereocenters. The van der Waals surface area contributed by atoms with Crippen LogP contribution in [0.15, 0.2) is 38.1 Å². The average Bonchev–Trinajstić information content (AvgIpc) is 2.60. The second-order valence-electron chi connectivity index (χ2n) is 8.07. The van der Waals surface area contributed by atoms with Gasteiger partial charge in [-0.05, 0) is 49.9 Å². The maximum atomic E-state index is 12.1. The Labute approximate surface area is 157 Å². The number of carbonyl (C=O) groups excluding carboxylic acids is 1. The summed E-state index contributed by atoms with van der Waals surface area (Å²) in [7, 11) is 2.16. The molecule has 1 atom stereocenters. The fourth-order valence-corrected chi connectivity index (χ4v) is 3.64. The third-order valence-electron chi connectivity index (χ3n) is 5.52. The van der Waals surface area contributed by atoms with Gasteiger partial charge in [0.05, 0.1) is 0 Å². The van der Waals surface area contributed by atoms with Gasteiger partial charge in [-0.2, -0.15) is 0 Å². The van der Waals surface area contributed by atoms with E-state index >= 15 is 0 Å². The molecular formula is C23H41NO. The lowest BCUT2D eigenvalue weighted by Crippen LogP contribution is -2.31. The molecule has 1 fully saturated rings. The van der Waals surface area contributed by atoms with E-state index in [0.717, 1.165) is 25.8 Å². The zero-order chi connectivity index (χ0) is 19.6. The molecule has 2 heteroatoms. The first-order valence-electron chi connectivity index (χ1n) is 9.81. The molecule has 0 saturated heterocycles. The van der Waals surface area contributed by atoms with Crippen LogP contribution in [0.2, 0.25) is 0 Å². The summed E-state index contributed by atoms with van der Waals surface area (Å²) >= 11 is 0. The van der Waals surface area contributed by atoms with Gasteiger partial charge in [0.25, 0.3) is 0 Å². The standard InChI is InChI=1S/C21H37NO.C2H4/c1-8-19(15(2)3)13-17(6)22(7)14-18-9-11-20(12-10-18)21(23)16(4)5;1-2/h8,15-16,18-20H,1,6,9-14H2,2-5,7H3;1-2H2. The third-order valence-corrected chi connectivity index (χ3v) is 5.52.